The maximum Gasteiger partial charge on any atom is 0.230 e. The first-order valence-electron chi connectivity index (χ1n) is 6.32. The molecule has 0 aromatic carbocycles. The fourth-order valence-corrected chi connectivity index (χ4v) is 2.20. The second-order valence-corrected chi connectivity index (χ2v) is 5.39. The largest absolute Gasteiger partial charge is 0.353 e. The molecule has 0 radical (unpaired) electrons. The summed E-state index contributed by atoms with van der Waals surface area (Å²) < 4.78 is 0. The average Bonchev–Trinajstić information content (AvgIpc) is 2.46. The van der Waals surface area contributed by atoms with Crippen molar-refractivity contribution in [2.75, 3.05) is 5.75 Å². The van der Waals surface area contributed by atoms with E-state index in [4.69, 9.17) is 0 Å². The molecule has 2 aromatic rings. The van der Waals surface area contributed by atoms with Crippen LogP contribution in [0.3, 0.4) is 0 Å². The lowest BCUT2D eigenvalue weighted by atomic mass is 10.3. The molecule has 2 heterocycles. The smallest absolute Gasteiger partial charge is 0.230 e. The summed E-state index contributed by atoms with van der Waals surface area (Å²) in [6.07, 6.45) is 3.40. The predicted molar refractivity (Wildman–Crippen MR) is 79.3 cm³/mol. The number of carbonyl (C=O) groups excluding carboxylic acids is 1. The third-order valence-electron chi connectivity index (χ3n) is 2.34. The lowest BCUT2D eigenvalue weighted by Crippen LogP contribution is -2.31. The number of aromatic nitrogens is 3. The van der Waals surface area contributed by atoms with Crippen molar-refractivity contribution in [3.8, 4) is 11.4 Å². The van der Waals surface area contributed by atoms with Gasteiger partial charge in [0.25, 0.3) is 0 Å². The van der Waals surface area contributed by atoms with Crippen molar-refractivity contribution in [3.63, 3.8) is 0 Å². The van der Waals surface area contributed by atoms with Crippen LogP contribution >= 0.6 is 11.8 Å². The van der Waals surface area contributed by atoms with Crippen LogP contribution in [-0.2, 0) is 4.79 Å². The normalized spacial score (nSPS) is 10.6. The number of nitrogens with zero attached hydrogens (tertiary/aromatic N) is 3. The number of amides is 1. The van der Waals surface area contributed by atoms with Crippen LogP contribution in [0.2, 0.25) is 0 Å². The van der Waals surface area contributed by atoms with Crippen LogP contribution in [0.25, 0.3) is 11.4 Å². The maximum absolute atomic E-state index is 11.6. The molecule has 5 nitrogen and oxygen atoms in total. The second kappa shape index (κ2) is 7.00. The summed E-state index contributed by atoms with van der Waals surface area (Å²) in [5.74, 6) is 0.293. The highest BCUT2D eigenvalue weighted by Crippen LogP contribution is 2.17. The summed E-state index contributed by atoms with van der Waals surface area (Å²) in [4.78, 5) is 24.4. The molecule has 0 saturated carbocycles. The number of thioether (sulfide) groups is 1. The van der Waals surface area contributed by atoms with Crippen molar-refractivity contribution in [1.29, 1.82) is 0 Å². The van der Waals surface area contributed by atoms with Crippen molar-refractivity contribution in [2.45, 2.75) is 25.0 Å². The van der Waals surface area contributed by atoms with Gasteiger partial charge >= 0.3 is 0 Å². The number of hydrogen-bond acceptors (Lipinski definition) is 5. The van der Waals surface area contributed by atoms with E-state index in [1.165, 1.54) is 11.8 Å². The van der Waals surface area contributed by atoms with Crippen LogP contribution in [0, 0.1) is 0 Å². The van der Waals surface area contributed by atoms with Crippen LogP contribution in [0.1, 0.15) is 13.8 Å². The molecule has 0 unspecified atom stereocenters. The molecule has 6 heteroatoms. The van der Waals surface area contributed by atoms with Gasteiger partial charge in [0.05, 0.1) is 17.1 Å². The Morgan fingerprint density at radius 3 is 2.75 bits per heavy atom. The van der Waals surface area contributed by atoms with Gasteiger partial charge in [-0.3, -0.25) is 9.78 Å². The van der Waals surface area contributed by atoms with E-state index in [2.05, 4.69) is 20.3 Å². The van der Waals surface area contributed by atoms with Crippen LogP contribution in [0.5, 0.6) is 0 Å². The van der Waals surface area contributed by atoms with Gasteiger partial charge in [-0.15, -0.1) is 0 Å². The van der Waals surface area contributed by atoms with E-state index < -0.39 is 0 Å². The van der Waals surface area contributed by atoms with Gasteiger partial charge in [-0.25, -0.2) is 9.97 Å². The van der Waals surface area contributed by atoms with Gasteiger partial charge in [0.2, 0.25) is 5.91 Å². The molecule has 0 aliphatic rings. The van der Waals surface area contributed by atoms with E-state index >= 15 is 0 Å². The second-order valence-electron chi connectivity index (χ2n) is 4.45. The van der Waals surface area contributed by atoms with E-state index in [0.717, 1.165) is 11.4 Å². The third kappa shape index (κ3) is 4.31. The van der Waals surface area contributed by atoms with Crippen molar-refractivity contribution in [2.24, 2.45) is 0 Å². The van der Waals surface area contributed by atoms with E-state index in [-0.39, 0.29) is 11.9 Å². The summed E-state index contributed by atoms with van der Waals surface area (Å²) in [6.45, 7) is 3.86. The third-order valence-corrected chi connectivity index (χ3v) is 3.20. The summed E-state index contributed by atoms with van der Waals surface area (Å²) in [5.41, 5.74) is 1.55. The lowest BCUT2D eigenvalue weighted by molar-refractivity contribution is -0.119. The maximum atomic E-state index is 11.6. The van der Waals surface area contributed by atoms with Gasteiger partial charge < -0.3 is 5.32 Å². The van der Waals surface area contributed by atoms with Gasteiger partial charge in [0.15, 0.2) is 5.16 Å². The molecule has 0 bridgehead atoms. The molecule has 0 saturated heterocycles. The number of nitrogens with one attached hydrogen (secondary N) is 1. The molecule has 1 N–H and O–H groups in total. The van der Waals surface area contributed by atoms with Gasteiger partial charge in [0, 0.05) is 18.4 Å². The first-order valence-corrected chi connectivity index (χ1v) is 7.30. The van der Waals surface area contributed by atoms with E-state index in [9.17, 15) is 4.79 Å². The minimum Gasteiger partial charge on any atom is -0.353 e. The van der Waals surface area contributed by atoms with E-state index in [0.29, 0.717) is 10.9 Å². The molecule has 0 atom stereocenters. The fraction of sp³-hybridized carbons (Fsp3) is 0.286. The predicted octanol–water partition coefficient (Wildman–Crippen LogP) is 2.16. The molecule has 2 aromatic heterocycles. The van der Waals surface area contributed by atoms with Crippen molar-refractivity contribution >= 4 is 17.7 Å². The standard InChI is InChI=1S/C14H16N4OS/c1-10(2)17-13(19)9-20-14-16-8-6-12(18-14)11-5-3-4-7-15-11/h3-8,10H,9H2,1-2H3,(H,17,19). The molecular weight excluding hydrogens is 272 g/mol. The summed E-state index contributed by atoms with van der Waals surface area (Å²) >= 11 is 1.32. The molecule has 0 aliphatic carbocycles. The number of rotatable bonds is 5. The molecule has 20 heavy (non-hydrogen) atoms. The van der Waals surface area contributed by atoms with Crippen molar-refractivity contribution in [3.05, 3.63) is 36.7 Å². The topological polar surface area (TPSA) is 67.8 Å². The minimum absolute atomic E-state index is 0.0168. The Kier molecular flexibility index (Phi) is 5.06. The van der Waals surface area contributed by atoms with Gasteiger partial charge in [0.1, 0.15) is 0 Å². The minimum atomic E-state index is -0.0168. The zero-order valence-electron chi connectivity index (χ0n) is 11.4. The average molecular weight is 288 g/mol. The molecule has 104 valence electrons. The molecule has 1 amide bonds. The van der Waals surface area contributed by atoms with Crippen molar-refractivity contribution in [1.82, 2.24) is 20.3 Å². The van der Waals surface area contributed by atoms with Gasteiger partial charge in [-0.1, -0.05) is 17.8 Å². The molecule has 2 rings (SSSR count). The highest BCUT2D eigenvalue weighted by molar-refractivity contribution is 7.99. The Morgan fingerprint density at radius 2 is 2.05 bits per heavy atom. The molecular formula is C14H16N4OS. The number of pyridine rings is 1. The van der Waals surface area contributed by atoms with Crippen molar-refractivity contribution < 1.29 is 4.79 Å². The van der Waals surface area contributed by atoms with Crippen LogP contribution in [-0.4, -0.2) is 32.7 Å². The summed E-state index contributed by atoms with van der Waals surface area (Å²) in [7, 11) is 0. The zero-order valence-corrected chi connectivity index (χ0v) is 12.2. The van der Waals surface area contributed by atoms with Crippen LogP contribution in [0.4, 0.5) is 0 Å². The Labute approximate surface area is 122 Å². The number of hydrogen-bond donors (Lipinski definition) is 1. The quantitative estimate of drug-likeness (QED) is 0.674. The molecule has 0 fully saturated rings. The Bertz CT molecular complexity index is 574. The highest BCUT2D eigenvalue weighted by Gasteiger charge is 2.07. The highest BCUT2D eigenvalue weighted by atomic mass is 32.2. The Hall–Kier alpha value is -1.95. The zero-order chi connectivity index (χ0) is 14.4. The first kappa shape index (κ1) is 14.5. The SMILES string of the molecule is CC(C)NC(=O)CSc1nccc(-c2ccccn2)n1. The lowest BCUT2D eigenvalue weighted by Gasteiger charge is -2.07. The Morgan fingerprint density at radius 1 is 1.20 bits per heavy atom. The van der Waals surface area contributed by atoms with Crippen LogP contribution < -0.4 is 5.32 Å². The van der Waals surface area contributed by atoms with E-state index in [1.807, 2.05) is 32.0 Å². The fourth-order valence-electron chi connectivity index (χ4n) is 1.56. The molecule has 0 aliphatic heterocycles. The first-order chi connectivity index (χ1) is 9.65. The monoisotopic (exact) mass is 288 g/mol. The summed E-state index contributed by atoms with van der Waals surface area (Å²) in [6, 6.07) is 7.61. The number of carbonyl (C=O) groups is 1. The van der Waals surface area contributed by atoms with Gasteiger partial charge in [-0.2, -0.15) is 0 Å². The van der Waals surface area contributed by atoms with Crippen LogP contribution in [0.15, 0.2) is 41.8 Å². The molecule has 0 spiro atoms. The van der Waals surface area contributed by atoms with Gasteiger partial charge in [-0.05, 0) is 32.0 Å². The van der Waals surface area contributed by atoms with E-state index in [1.54, 1.807) is 18.5 Å². The summed E-state index contributed by atoms with van der Waals surface area (Å²) in [5, 5.41) is 3.41. The Balaban J connectivity index is 2.02.